The molecule has 1 aliphatic rings. The molecule has 0 spiro atoms. The third-order valence-electron chi connectivity index (χ3n) is 5.60. The number of pyridine rings is 1. The fraction of sp³-hybridized carbons (Fsp3) is 0.308. The Hall–Kier alpha value is -3.78. The minimum absolute atomic E-state index is 0.0213. The normalized spacial score (nSPS) is 14.6. The van der Waals surface area contributed by atoms with Crippen molar-refractivity contribution in [2.24, 2.45) is 0 Å². The maximum absolute atomic E-state index is 12.9. The van der Waals surface area contributed by atoms with Crippen molar-refractivity contribution in [2.75, 3.05) is 32.7 Å². The maximum Gasteiger partial charge on any atom is 0.246 e. The van der Waals surface area contributed by atoms with E-state index in [1.54, 1.807) is 18.5 Å². The number of amides is 2. The summed E-state index contributed by atoms with van der Waals surface area (Å²) in [5.41, 5.74) is 3.44. The molecule has 2 amide bonds. The molecular formula is C26H30N6O2. The number of piperazine rings is 1. The van der Waals surface area contributed by atoms with E-state index < -0.39 is 0 Å². The fourth-order valence-electron chi connectivity index (χ4n) is 3.91. The molecule has 0 atom stereocenters. The summed E-state index contributed by atoms with van der Waals surface area (Å²) in [5.74, 6) is -0.0242. The van der Waals surface area contributed by atoms with Crippen molar-refractivity contribution in [3.63, 3.8) is 0 Å². The molecule has 8 nitrogen and oxygen atoms in total. The van der Waals surface area contributed by atoms with E-state index in [1.807, 2.05) is 78.2 Å². The molecule has 0 unspecified atom stereocenters. The van der Waals surface area contributed by atoms with Gasteiger partial charge < -0.3 is 10.2 Å². The topological polar surface area (TPSA) is 83.4 Å². The Balaban J connectivity index is 1.44. The molecule has 34 heavy (non-hydrogen) atoms. The Labute approximate surface area is 199 Å². The van der Waals surface area contributed by atoms with Gasteiger partial charge in [-0.25, -0.2) is 4.68 Å². The highest BCUT2D eigenvalue weighted by Gasteiger charge is 2.21. The van der Waals surface area contributed by atoms with E-state index in [4.69, 9.17) is 5.10 Å². The second-order valence-electron chi connectivity index (χ2n) is 8.61. The van der Waals surface area contributed by atoms with Gasteiger partial charge in [0.15, 0.2) is 0 Å². The van der Waals surface area contributed by atoms with Crippen molar-refractivity contribution >= 4 is 17.9 Å². The number of rotatable bonds is 7. The summed E-state index contributed by atoms with van der Waals surface area (Å²) in [7, 11) is 0. The zero-order chi connectivity index (χ0) is 23.9. The lowest BCUT2D eigenvalue weighted by atomic mass is 10.1. The highest BCUT2D eigenvalue weighted by molar-refractivity contribution is 5.93. The van der Waals surface area contributed by atoms with E-state index in [0.29, 0.717) is 32.7 Å². The van der Waals surface area contributed by atoms with Gasteiger partial charge in [-0.15, -0.1) is 0 Å². The van der Waals surface area contributed by atoms with Gasteiger partial charge in [0.05, 0.1) is 12.2 Å². The van der Waals surface area contributed by atoms with Crippen molar-refractivity contribution < 1.29 is 9.59 Å². The second kappa shape index (κ2) is 10.9. The summed E-state index contributed by atoms with van der Waals surface area (Å²) < 4.78 is 1.81. The molecule has 0 bridgehead atoms. The van der Waals surface area contributed by atoms with Crippen LogP contribution in [0.1, 0.15) is 19.4 Å². The highest BCUT2D eigenvalue weighted by atomic mass is 16.2. The number of nitrogens with zero attached hydrogens (tertiary/aromatic N) is 5. The Bertz CT molecular complexity index is 1130. The van der Waals surface area contributed by atoms with Crippen LogP contribution >= 0.6 is 0 Å². The number of carbonyl (C=O) groups is 2. The second-order valence-corrected chi connectivity index (χ2v) is 8.61. The third kappa shape index (κ3) is 5.96. The first kappa shape index (κ1) is 23.4. The van der Waals surface area contributed by atoms with Gasteiger partial charge >= 0.3 is 0 Å². The Morgan fingerprint density at radius 2 is 1.82 bits per heavy atom. The van der Waals surface area contributed by atoms with Gasteiger partial charge in [0.25, 0.3) is 0 Å². The van der Waals surface area contributed by atoms with Gasteiger partial charge in [-0.2, -0.15) is 5.10 Å². The minimum Gasteiger partial charge on any atom is -0.353 e. The Morgan fingerprint density at radius 1 is 1.06 bits per heavy atom. The highest BCUT2D eigenvalue weighted by Crippen LogP contribution is 2.24. The van der Waals surface area contributed by atoms with E-state index in [0.717, 1.165) is 22.5 Å². The average molecular weight is 459 g/mol. The van der Waals surface area contributed by atoms with Crippen LogP contribution < -0.4 is 5.32 Å². The van der Waals surface area contributed by atoms with E-state index in [1.165, 1.54) is 0 Å². The molecule has 1 aromatic carbocycles. The van der Waals surface area contributed by atoms with Gasteiger partial charge in [-0.05, 0) is 44.2 Å². The van der Waals surface area contributed by atoms with Gasteiger partial charge in [-0.1, -0.05) is 18.2 Å². The summed E-state index contributed by atoms with van der Waals surface area (Å²) >= 11 is 0. The lowest BCUT2D eigenvalue weighted by Crippen LogP contribution is -2.51. The largest absolute Gasteiger partial charge is 0.353 e. The molecule has 8 heteroatoms. The average Bonchev–Trinajstić information content (AvgIpc) is 3.28. The van der Waals surface area contributed by atoms with Gasteiger partial charge in [0, 0.05) is 68.0 Å². The lowest BCUT2D eigenvalue weighted by molar-refractivity contribution is -0.128. The number of carbonyl (C=O) groups excluding carboxylic acids is 2. The van der Waals surface area contributed by atoms with Crippen molar-refractivity contribution in [1.82, 2.24) is 29.9 Å². The molecule has 0 radical (unpaired) electrons. The van der Waals surface area contributed by atoms with Crippen molar-refractivity contribution in [3.8, 4) is 16.9 Å². The molecule has 1 fully saturated rings. The predicted octanol–water partition coefficient (Wildman–Crippen LogP) is 2.62. The minimum atomic E-state index is -0.0455. The Kier molecular flexibility index (Phi) is 7.49. The van der Waals surface area contributed by atoms with Crippen LogP contribution in [-0.2, 0) is 9.59 Å². The molecule has 1 aliphatic heterocycles. The molecule has 1 N–H and O–H groups in total. The summed E-state index contributed by atoms with van der Waals surface area (Å²) in [5, 5.41) is 7.67. The molecular weight excluding hydrogens is 428 g/mol. The molecule has 3 heterocycles. The van der Waals surface area contributed by atoms with Crippen LogP contribution in [0.4, 0.5) is 0 Å². The number of benzene rings is 1. The third-order valence-corrected chi connectivity index (χ3v) is 5.60. The molecule has 1 saturated heterocycles. The van der Waals surface area contributed by atoms with Gasteiger partial charge in [0.1, 0.15) is 5.69 Å². The van der Waals surface area contributed by atoms with Gasteiger partial charge in [-0.3, -0.25) is 19.5 Å². The summed E-state index contributed by atoms with van der Waals surface area (Å²) in [6.45, 7) is 6.81. The lowest BCUT2D eigenvalue weighted by Gasteiger charge is -2.33. The quantitative estimate of drug-likeness (QED) is 0.551. The number of hydrogen-bond acceptors (Lipinski definition) is 5. The summed E-state index contributed by atoms with van der Waals surface area (Å²) in [4.78, 5) is 33.0. The van der Waals surface area contributed by atoms with Crippen molar-refractivity contribution in [3.05, 3.63) is 72.7 Å². The number of para-hydroxylation sites is 1. The van der Waals surface area contributed by atoms with Gasteiger partial charge in [0.2, 0.25) is 11.8 Å². The molecule has 176 valence electrons. The smallest absolute Gasteiger partial charge is 0.246 e. The van der Waals surface area contributed by atoms with E-state index in [2.05, 4.69) is 15.2 Å². The molecule has 3 aromatic rings. The Morgan fingerprint density at radius 3 is 2.50 bits per heavy atom. The molecule has 0 aliphatic carbocycles. The first-order valence-corrected chi connectivity index (χ1v) is 11.5. The maximum atomic E-state index is 12.9. The predicted molar refractivity (Wildman–Crippen MR) is 132 cm³/mol. The zero-order valence-corrected chi connectivity index (χ0v) is 19.6. The van der Waals surface area contributed by atoms with Crippen LogP contribution in [0.3, 0.4) is 0 Å². The first-order valence-electron chi connectivity index (χ1n) is 11.5. The summed E-state index contributed by atoms with van der Waals surface area (Å²) in [6, 6.07) is 13.8. The van der Waals surface area contributed by atoms with Crippen LogP contribution in [0.2, 0.25) is 0 Å². The van der Waals surface area contributed by atoms with Crippen LogP contribution in [0.5, 0.6) is 0 Å². The molecule has 2 aromatic heterocycles. The SMILES string of the molecule is CC(C)NC(=O)CN1CCN(C(=O)/C=C/c2cn(-c3ccccc3)nc2-c2cccnc2)CC1. The van der Waals surface area contributed by atoms with E-state index in [9.17, 15) is 9.59 Å². The molecule has 0 saturated carbocycles. The number of nitrogens with one attached hydrogen (secondary N) is 1. The standard InChI is InChI=1S/C26H30N6O2/c1-20(2)28-24(33)19-30-13-15-31(16-14-30)25(34)11-10-22-18-32(23-8-4-3-5-9-23)29-26(22)21-7-6-12-27-17-21/h3-12,17-18,20H,13-16,19H2,1-2H3,(H,28,33)/b11-10+. The van der Waals surface area contributed by atoms with Crippen LogP contribution in [0.15, 0.2) is 67.1 Å². The van der Waals surface area contributed by atoms with Crippen LogP contribution in [0.25, 0.3) is 23.0 Å². The van der Waals surface area contributed by atoms with E-state index >= 15 is 0 Å². The monoisotopic (exact) mass is 458 g/mol. The van der Waals surface area contributed by atoms with Crippen molar-refractivity contribution in [2.45, 2.75) is 19.9 Å². The zero-order valence-electron chi connectivity index (χ0n) is 19.6. The number of hydrogen-bond donors (Lipinski definition) is 1. The van der Waals surface area contributed by atoms with E-state index in [-0.39, 0.29) is 17.9 Å². The van der Waals surface area contributed by atoms with Crippen molar-refractivity contribution in [1.29, 1.82) is 0 Å². The molecule has 4 rings (SSSR count). The summed E-state index contributed by atoms with van der Waals surface area (Å²) in [6.07, 6.45) is 8.84. The first-order chi connectivity index (χ1) is 16.5. The van der Waals surface area contributed by atoms with Crippen LogP contribution in [-0.4, -0.2) is 75.1 Å². The fourth-order valence-corrected chi connectivity index (χ4v) is 3.91. The van der Waals surface area contributed by atoms with Crippen LogP contribution in [0, 0.1) is 0 Å². The number of aromatic nitrogens is 3.